The summed E-state index contributed by atoms with van der Waals surface area (Å²) in [6.45, 7) is 2.25. The van der Waals surface area contributed by atoms with E-state index in [0.717, 1.165) is 5.56 Å². The zero-order valence-electron chi connectivity index (χ0n) is 12.5. The zero-order valence-corrected chi connectivity index (χ0v) is 13.2. The summed E-state index contributed by atoms with van der Waals surface area (Å²) in [5, 5.41) is 12.0. The van der Waals surface area contributed by atoms with E-state index in [1.807, 2.05) is 6.92 Å². The molecular formula is C15H21ClN2O4. The minimum Gasteiger partial charge on any atom is -0.484 e. The van der Waals surface area contributed by atoms with Gasteiger partial charge in [0.25, 0.3) is 5.91 Å². The summed E-state index contributed by atoms with van der Waals surface area (Å²) >= 11 is 5.84. The van der Waals surface area contributed by atoms with Crippen molar-refractivity contribution in [3.8, 4) is 5.75 Å². The predicted molar refractivity (Wildman–Crippen MR) is 84.2 cm³/mol. The summed E-state index contributed by atoms with van der Waals surface area (Å²) < 4.78 is 5.41. The SMILES string of the molecule is Cc1cc(Cl)ccc1OCC(=O)NCCCC[C@H](N)C(=O)O. The number of carboxylic acids is 1. The van der Waals surface area contributed by atoms with E-state index >= 15 is 0 Å². The number of hydrogen-bond donors (Lipinski definition) is 3. The van der Waals surface area contributed by atoms with Crippen LogP contribution in [0.25, 0.3) is 0 Å². The third-order valence-electron chi connectivity index (χ3n) is 3.08. The van der Waals surface area contributed by atoms with Crippen molar-refractivity contribution in [2.75, 3.05) is 13.2 Å². The van der Waals surface area contributed by atoms with E-state index in [1.54, 1.807) is 18.2 Å². The molecule has 6 nitrogen and oxygen atoms in total. The molecular weight excluding hydrogens is 308 g/mol. The molecule has 7 heteroatoms. The van der Waals surface area contributed by atoms with Crippen molar-refractivity contribution < 1.29 is 19.4 Å². The monoisotopic (exact) mass is 328 g/mol. The maximum absolute atomic E-state index is 11.6. The van der Waals surface area contributed by atoms with Crippen LogP contribution in [0.3, 0.4) is 0 Å². The number of amides is 1. The van der Waals surface area contributed by atoms with Crippen LogP contribution >= 0.6 is 11.6 Å². The molecule has 0 aliphatic carbocycles. The van der Waals surface area contributed by atoms with Crippen LogP contribution < -0.4 is 15.8 Å². The lowest BCUT2D eigenvalue weighted by Gasteiger charge is -2.10. The number of rotatable bonds is 9. The van der Waals surface area contributed by atoms with Crippen molar-refractivity contribution in [2.24, 2.45) is 5.73 Å². The van der Waals surface area contributed by atoms with Crippen LogP contribution in [-0.2, 0) is 9.59 Å². The lowest BCUT2D eigenvalue weighted by Crippen LogP contribution is -2.31. The van der Waals surface area contributed by atoms with Gasteiger partial charge in [-0.2, -0.15) is 0 Å². The zero-order chi connectivity index (χ0) is 16.5. The van der Waals surface area contributed by atoms with Gasteiger partial charge in [-0.15, -0.1) is 0 Å². The van der Waals surface area contributed by atoms with Gasteiger partial charge >= 0.3 is 5.97 Å². The van der Waals surface area contributed by atoms with Crippen molar-refractivity contribution in [1.82, 2.24) is 5.32 Å². The summed E-state index contributed by atoms with van der Waals surface area (Å²) in [5.74, 6) is -0.611. The van der Waals surface area contributed by atoms with E-state index in [0.29, 0.717) is 36.6 Å². The van der Waals surface area contributed by atoms with Gasteiger partial charge in [0.15, 0.2) is 6.61 Å². The highest BCUT2D eigenvalue weighted by molar-refractivity contribution is 6.30. The van der Waals surface area contributed by atoms with E-state index in [4.69, 9.17) is 27.2 Å². The number of aryl methyl sites for hydroxylation is 1. The molecule has 0 aliphatic heterocycles. The number of hydrogen-bond acceptors (Lipinski definition) is 4. The molecule has 4 N–H and O–H groups in total. The highest BCUT2D eigenvalue weighted by Gasteiger charge is 2.10. The predicted octanol–water partition coefficient (Wildman–Crippen LogP) is 1.73. The Morgan fingerprint density at radius 2 is 2.14 bits per heavy atom. The maximum atomic E-state index is 11.6. The molecule has 0 unspecified atom stereocenters. The van der Waals surface area contributed by atoms with Crippen LogP contribution in [0.1, 0.15) is 24.8 Å². The Morgan fingerprint density at radius 1 is 1.41 bits per heavy atom. The number of unbranched alkanes of at least 4 members (excludes halogenated alkanes) is 1. The Hall–Kier alpha value is -1.79. The number of aliphatic carboxylic acids is 1. The number of nitrogens with two attached hydrogens (primary N) is 1. The first-order chi connectivity index (χ1) is 10.4. The molecule has 122 valence electrons. The Labute approximate surface area is 134 Å². The molecule has 0 fully saturated rings. The first kappa shape index (κ1) is 18.3. The molecule has 0 spiro atoms. The fourth-order valence-corrected chi connectivity index (χ4v) is 2.04. The Bertz CT molecular complexity index is 522. The minimum absolute atomic E-state index is 0.0723. The summed E-state index contributed by atoms with van der Waals surface area (Å²) in [6.07, 6.45) is 1.71. The van der Waals surface area contributed by atoms with Crippen LogP contribution in [0.15, 0.2) is 18.2 Å². The fourth-order valence-electron chi connectivity index (χ4n) is 1.81. The number of carboxylic acid groups (broad SMARTS) is 1. The van der Waals surface area contributed by atoms with E-state index < -0.39 is 12.0 Å². The van der Waals surface area contributed by atoms with E-state index in [9.17, 15) is 9.59 Å². The average molecular weight is 329 g/mol. The third-order valence-corrected chi connectivity index (χ3v) is 3.31. The normalized spacial score (nSPS) is 11.8. The lowest BCUT2D eigenvalue weighted by molar-refractivity contribution is -0.138. The fraction of sp³-hybridized carbons (Fsp3) is 0.467. The van der Waals surface area contributed by atoms with Gasteiger partial charge in [0.1, 0.15) is 11.8 Å². The number of ether oxygens (including phenoxy) is 1. The molecule has 0 saturated heterocycles. The topological polar surface area (TPSA) is 102 Å². The lowest BCUT2D eigenvalue weighted by atomic mass is 10.1. The van der Waals surface area contributed by atoms with Gasteiger partial charge in [-0.1, -0.05) is 11.6 Å². The van der Waals surface area contributed by atoms with Gasteiger partial charge in [-0.05, 0) is 49.9 Å². The van der Waals surface area contributed by atoms with Gasteiger partial charge in [-0.3, -0.25) is 9.59 Å². The van der Waals surface area contributed by atoms with Crippen LogP contribution in [-0.4, -0.2) is 36.2 Å². The average Bonchev–Trinajstić information content (AvgIpc) is 2.45. The Kier molecular flexibility index (Phi) is 7.70. The molecule has 0 heterocycles. The molecule has 1 atom stereocenters. The number of nitrogens with one attached hydrogen (secondary N) is 1. The number of carbonyl (C=O) groups excluding carboxylic acids is 1. The largest absolute Gasteiger partial charge is 0.484 e. The van der Waals surface area contributed by atoms with Gasteiger partial charge in [0, 0.05) is 11.6 Å². The molecule has 1 amide bonds. The molecule has 0 aromatic heterocycles. The minimum atomic E-state index is -1.00. The highest BCUT2D eigenvalue weighted by Crippen LogP contribution is 2.21. The van der Waals surface area contributed by atoms with E-state index in [-0.39, 0.29) is 12.5 Å². The molecule has 22 heavy (non-hydrogen) atoms. The van der Waals surface area contributed by atoms with Crippen molar-refractivity contribution in [2.45, 2.75) is 32.2 Å². The van der Waals surface area contributed by atoms with Crippen LogP contribution in [0, 0.1) is 6.92 Å². The standard InChI is InChI=1S/C15H21ClN2O4/c1-10-8-11(16)5-6-13(10)22-9-14(19)18-7-3-2-4-12(17)15(20)21/h5-6,8,12H,2-4,7,9,17H2,1H3,(H,18,19)(H,20,21)/t12-/m0/s1. The molecule has 1 aromatic rings. The number of benzene rings is 1. The molecule has 0 aliphatic rings. The van der Waals surface area contributed by atoms with Crippen molar-refractivity contribution in [3.05, 3.63) is 28.8 Å². The second kappa shape index (κ2) is 9.27. The molecule has 0 radical (unpaired) electrons. The molecule has 1 aromatic carbocycles. The molecule has 0 saturated carbocycles. The maximum Gasteiger partial charge on any atom is 0.320 e. The number of halogens is 1. The molecule has 1 rings (SSSR count). The summed E-state index contributed by atoms with van der Waals surface area (Å²) in [7, 11) is 0. The summed E-state index contributed by atoms with van der Waals surface area (Å²) in [6, 6.07) is 4.35. The van der Waals surface area contributed by atoms with Gasteiger partial charge in [-0.25, -0.2) is 0 Å². The third kappa shape index (κ3) is 6.78. The van der Waals surface area contributed by atoms with Gasteiger partial charge < -0.3 is 20.9 Å². The van der Waals surface area contributed by atoms with Gasteiger partial charge in [0.2, 0.25) is 0 Å². The first-order valence-electron chi connectivity index (χ1n) is 7.04. The van der Waals surface area contributed by atoms with Crippen molar-refractivity contribution >= 4 is 23.5 Å². The highest BCUT2D eigenvalue weighted by atomic mass is 35.5. The quantitative estimate of drug-likeness (QED) is 0.599. The smallest absolute Gasteiger partial charge is 0.320 e. The first-order valence-corrected chi connectivity index (χ1v) is 7.42. The second-order valence-corrected chi connectivity index (χ2v) is 5.43. The van der Waals surface area contributed by atoms with Crippen molar-refractivity contribution in [1.29, 1.82) is 0 Å². The van der Waals surface area contributed by atoms with Crippen LogP contribution in [0.2, 0.25) is 5.02 Å². The van der Waals surface area contributed by atoms with Crippen LogP contribution in [0.5, 0.6) is 5.75 Å². The Morgan fingerprint density at radius 3 is 2.77 bits per heavy atom. The van der Waals surface area contributed by atoms with Gasteiger partial charge in [0.05, 0.1) is 0 Å². The summed E-state index contributed by atoms with van der Waals surface area (Å²) in [4.78, 5) is 22.1. The molecule has 0 bridgehead atoms. The van der Waals surface area contributed by atoms with Crippen molar-refractivity contribution in [3.63, 3.8) is 0 Å². The second-order valence-electron chi connectivity index (χ2n) is 4.99. The van der Waals surface area contributed by atoms with Crippen LogP contribution in [0.4, 0.5) is 0 Å². The van der Waals surface area contributed by atoms with E-state index in [1.165, 1.54) is 0 Å². The number of carbonyl (C=O) groups is 2. The summed E-state index contributed by atoms with van der Waals surface area (Å²) in [5.41, 5.74) is 6.24. The Balaban J connectivity index is 2.17. The van der Waals surface area contributed by atoms with E-state index in [2.05, 4.69) is 5.32 Å².